The lowest BCUT2D eigenvalue weighted by Crippen LogP contribution is -2.41. The Morgan fingerprint density at radius 2 is 2.00 bits per heavy atom. The average molecular weight is 383 g/mol. The predicted octanol–water partition coefficient (Wildman–Crippen LogP) is 2.36. The number of hydrogen-bond acceptors (Lipinski definition) is 6. The third-order valence-electron chi connectivity index (χ3n) is 5.04. The summed E-state index contributed by atoms with van der Waals surface area (Å²) in [6.07, 6.45) is 4.01. The van der Waals surface area contributed by atoms with E-state index in [1.54, 1.807) is 0 Å². The molecule has 3 aliphatic heterocycles. The van der Waals surface area contributed by atoms with E-state index in [-0.39, 0.29) is 17.6 Å². The van der Waals surface area contributed by atoms with Gasteiger partial charge in [0.05, 0.1) is 17.5 Å². The monoisotopic (exact) mass is 383 g/mol. The number of carbonyl (C=O) groups excluding carboxylic acids is 2. The van der Waals surface area contributed by atoms with Crippen LogP contribution in [0.2, 0.25) is 0 Å². The topological polar surface area (TPSA) is 86.5 Å². The van der Waals surface area contributed by atoms with Crippen molar-refractivity contribution in [3.63, 3.8) is 0 Å². The van der Waals surface area contributed by atoms with Crippen molar-refractivity contribution in [3.8, 4) is 0 Å². The van der Waals surface area contributed by atoms with Crippen molar-refractivity contribution in [1.82, 2.24) is 10.2 Å². The van der Waals surface area contributed by atoms with Gasteiger partial charge in [-0.25, -0.2) is 4.99 Å². The Bertz CT molecular complexity index is 813. The molecule has 27 heavy (non-hydrogen) atoms. The normalized spacial score (nSPS) is 22.1. The van der Waals surface area contributed by atoms with Crippen LogP contribution in [0.5, 0.6) is 0 Å². The fourth-order valence-electron chi connectivity index (χ4n) is 3.50. The minimum atomic E-state index is -0.551. The molecular formula is C19H21N5O2S. The zero-order chi connectivity index (χ0) is 18.6. The number of fused-ring (bicyclic) bond motifs is 1. The first-order valence-electron chi connectivity index (χ1n) is 9.13. The van der Waals surface area contributed by atoms with E-state index in [2.05, 4.69) is 44.8 Å². The summed E-state index contributed by atoms with van der Waals surface area (Å²) in [7, 11) is 0. The van der Waals surface area contributed by atoms with E-state index in [1.165, 1.54) is 23.5 Å². The van der Waals surface area contributed by atoms with Gasteiger partial charge >= 0.3 is 0 Å². The second-order valence-corrected chi connectivity index (χ2v) is 7.84. The van der Waals surface area contributed by atoms with Crippen LogP contribution in [-0.4, -0.2) is 46.9 Å². The quantitative estimate of drug-likeness (QED) is 0.866. The third-order valence-corrected chi connectivity index (χ3v) is 5.91. The van der Waals surface area contributed by atoms with Gasteiger partial charge in [0.1, 0.15) is 0 Å². The predicted molar refractivity (Wildman–Crippen MR) is 104 cm³/mol. The highest BCUT2D eigenvalue weighted by atomic mass is 32.2. The minimum absolute atomic E-state index is 0.0875. The van der Waals surface area contributed by atoms with Crippen LogP contribution in [0, 0.1) is 5.92 Å². The maximum Gasteiger partial charge on any atom is 0.258 e. The lowest BCUT2D eigenvalue weighted by molar-refractivity contribution is -0.129. The van der Waals surface area contributed by atoms with Gasteiger partial charge in [-0.3, -0.25) is 9.59 Å². The van der Waals surface area contributed by atoms with E-state index in [0.29, 0.717) is 16.7 Å². The molecule has 1 unspecified atom stereocenters. The number of likely N-dealkylation sites (tertiary alicyclic amines) is 1. The highest BCUT2D eigenvalue weighted by Crippen LogP contribution is 2.24. The van der Waals surface area contributed by atoms with Crippen LogP contribution in [-0.2, 0) is 16.0 Å². The van der Waals surface area contributed by atoms with Crippen LogP contribution >= 0.6 is 11.8 Å². The molecule has 2 amide bonds. The lowest BCUT2D eigenvalue weighted by Gasteiger charge is -2.32. The fraction of sp³-hybridized carbons (Fsp3) is 0.421. The lowest BCUT2D eigenvalue weighted by atomic mass is 9.90. The number of nitrogens with one attached hydrogen (secondary N) is 1. The van der Waals surface area contributed by atoms with Crippen molar-refractivity contribution < 1.29 is 9.59 Å². The number of hydrogen-bond donors (Lipinski definition) is 1. The van der Waals surface area contributed by atoms with Gasteiger partial charge in [0.2, 0.25) is 5.91 Å². The van der Waals surface area contributed by atoms with Crippen molar-refractivity contribution in [1.29, 1.82) is 0 Å². The molecule has 1 aromatic rings. The third kappa shape index (κ3) is 4.27. The number of thioether (sulfide) groups is 1. The van der Waals surface area contributed by atoms with Crippen molar-refractivity contribution in [2.24, 2.45) is 21.1 Å². The molecule has 0 spiro atoms. The van der Waals surface area contributed by atoms with Crippen LogP contribution in [0.3, 0.4) is 0 Å². The molecule has 0 bridgehead atoms. The Labute approximate surface area is 162 Å². The molecule has 1 saturated heterocycles. The standard InChI is InChI=1S/C19H21N5O2S/c25-16(12-27-19-21-17-15(11-20-23-17)18(26)22-19)24-8-6-14(7-9-24)10-13-4-2-1-3-5-13/h1-5,11,14,17H,6-10,12H2,(H,21,22,26). The number of rotatable bonds is 4. The van der Waals surface area contributed by atoms with Crippen molar-refractivity contribution >= 4 is 28.7 Å². The molecule has 1 fully saturated rings. The first-order chi connectivity index (χ1) is 13.2. The molecule has 3 aliphatic rings. The molecule has 0 aromatic heterocycles. The zero-order valence-electron chi connectivity index (χ0n) is 14.9. The number of aliphatic imine (C=N–C) groups is 1. The Hall–Kier alpha value is -2.48. The Morgan fingerprint density at radius 3 is 2.78 bits per heavy atom. The summed E-state index contributed by atoms with van der Waals surface area (Å²) in [5, 5.41) is 10.8. The molecule has 0 radical (unpaired) electrons. The van der Waals surface area contributed by atoms with Crippen LogP contribution in [0.4, 0.5) is 0 Å². The van der Waals surface area contributed by atoms with E-state index in [9.17, 15) is 9.59 Å². The summed E-state index contributed by atoms with van der Waals surface area (Å²) >= 11 is 1.25. The average Bonchev–Trinajstić information content (AvgIpc) is 3.17. The molecule has 4 rings (SSSR count). The minimum Gasteiger partial charge on any atom is -0.342 e. The molecule has 8 heteroatoms. The van der Waals surface area contributed by atoms with Crippen molar-refractivity contribution in [3.05, 3.63) is 47.7 Å². The van der Waals surface area contributed by atoms with Gasteiger partial charge in [0, 0.05) is 13.1 Å². The maximum absolute atomic E-state index is 12.5. The molecule has 0 saturated carbocycles. The Morgan fingerprint density at radius 1 is 1.22 bits per heavy atom. The first-order valence-corrected chi connectivity index (χ1v) is 10.1. The summed E-state index contributed by atoms with van der Waals surface area (Å²) in [4.78, 5) is 30.7. The number of carbonyl (C=O) groups is 2. The van der Waals surface area contributed by atoms with Crippen molar-refractivity contribution in [2.75, 3.05) is 18.8 Å². The van der Waals surface area contributed by atoms with Gasteiger partial charge in [-0.05, 0) is 30.7 Å². The molecule has 7 nitrogen and oxygen atoms in total. The molecule has 0 aliphatic carbocycles. The van der Waals surface area contributed by atoms with Gasteiger partial charge in [-0.2, -0.15) is 10.2 Å². The maximum atomic E-state index is 12.5. The Balaban J connectivity index is 1.24. The highest BCUT2D eigenvalue weighted by Gasteiger charge is 2.30. The largest absolute Gasteiger partial charge is 0.342 e. The van der Waals surface area contributed by atoms with E-state index < -0.39 is 6.17 Å². The smallest absolute Gasteiger partial charge is 0.258 e. The second kappa shape index (κ2) is 8.04. The van der Waals surface area contributed by atoms with Crippen LogP contribution in [0.15, 0.2) is 57.3 Å². The number of nitrogens with zero attached hydrogens (tertiary/aromatic N) is 4. The summed E-state index contributed by atoms with van der Waals surface area (Å²) < 4.78 is 0. The highest BCUT2D eigenvalue weighted by molar-refractivity contribution is 8.14. The molecule has 1 atom stereocenters. The summed E-state index contributed by atoms with van der Waals surface area (Å²) in [6, 6.07) is 10.5. The first kappa shape index (κ1) is 17.9. The number of amides is 2. The van der Waals surface area contributed by atoms with Gasteiger partial charge in [-0.1, -0.05) is 42.1 Å². The number of azo groups is 1. The molecule has 1 aromatic carbocycles. The van der Waals surface area contributed by atoms with Gasteiger partial charge in [0.25, 0.3) is 5.91 Å². The zero-order valence-corrected chi connectivity index (χ0v) is 15.7. The number of piperidine rings is 1. The Kier molecular flexibility index (Phi) is 5.33. The van der Waals surface area contributed by atoms with Gasteiger partial charge in [-0.15, -0.1) is 0 Å². The van der Waals surface area contributed by atoms with Gasteiger partial charge < -0.3 is 10.2 Å². The van der Waals surface area contributed by atoms with E-state index in [4.69, 9.17) is 0 Å². The van der Waals surface area contributed by atoms with Crippen molar-refractivity contribution in [2.45, 2.75) is 25.4 Å². The summed E-state index contributed by atoms with van der Waals surface area (Å²) in [6.45, 7) is 1.58. The molecule has 1 N–H and O–H groups in total. The van der Waals surface area contributed by atoms with E-state index >= 15 is 0 Å². The summed E-state index contributed by atoms with van der Waals surface area (Å²) in [5.74, 6) is 0.746. The van der Waals surface area contributed by atoms with E-state index in [1.807, 2.05) is 11.0 Å². The second-order valence-electron chi connectivity index (χ2n) is 6.88. The van der Waals surface area contributed by atoms with Crippen LogP contribution < -0.4 is 5.32 Å². The van der Waals surface area contributed by atoms with Gasteiger partial charge in [0.15, 0.2) is 11.3 Å². The SMILES string of the molecule is O=C1NC(SCC(=O)N2CCC(Cc3ccccc3)CC2)=NC2N=NC=C12. The molecular weight excluding hydrogens is 362 g/mol. The fourth-order valence-corrected chi connectivity index (χ4v) is 4.28. The number of benzene rings is 1. The summed E-state index contributed by atoms with van der Waals surface area (Å²) in [5.41, 5.74) is 1.81. The molecule has 140 valence electrons. The molecule has 3 heterocycles. The van der Waals surface area contributed by atoms with Crippen LogP contribution in [0.25, 0.3) is 0 Å². The number of amidine groups is 1. The van der Waals surface area contributed by atoms with Crippen LogP contribution in [0.1, 0.15) is 18.4 Å². The van der Waals surface area contributed by atoms with E-state index in [0.717, 1.165) is 32.4 Å².